The molecule has 0 unspecified atom stereocenters. The molecular weight excluding hydrogens is 412 g/mol. The number of aryl methyl sites for hydroxylation is 2. The molecule has 7 nitrogen and oxygen atoms in total. The zero-order valence-corrected chi connectivity index (χ0v) is 18.7. The van der Waals surface area contributed by atoms with Gasteiger partial charge in [-0.15, -0.1) is 10.2 Å². The molecule has 1 amide bonds. The summed E-state index contributed by atoms with van der Waals surface area (Å²) in [6, 6.07) is 15.2. The predicted molar refractivity (Wildman–Crippen MR) is 121 cm³/mol. The van der Waals surface area contributed by atoms with E-state index in [1.165, 1.54) is 18.7 Å². The van der Waals surface area contributed by atoms with E-state index in [0.717, 1.165) is 29.2 Å². The third kappa shape index (κ3) is 6.18. The van der Waals surface area contributed by atoms with Crippen molar-refractivity contribution < 1.29 is 14.3 Å². The summed E-state index contributed by atoms with van der Waals surface area (Å²) in [5.74, 6) is 1.74. The Morgan fingerprint density at radius 3 is 2.61 bits per heavy atom. The largest absolute Gasteiger partial charge is 0.497 e. The molecule has 0 radical (unpaired) electrons. The van der Waals surface area contributed by atoms with Crippen LogP contribution in [0.1, 0.15) is 35.1 Å². The van der Waals surface area contributed by atoms with Crippen LogP contribution in [0.25, 0.3) is 5.69 Å². The van der Waals surface area contributed by atoms with Crippen molar-refractivity contribution in [2.45, 2.75) is 31.8 Å². The summed E-state index contributed by atoms with van der Waals surface area (Å²) >= 11 is 1.36. The van der Waals surface area contributed by atoms with Crippen molar-refractivity contribution in [3.8, 4) is 11.4 Å². The highest BCUT2D eigenvalue weighted by atomic mass is 32.2. The highest BCUT2D eigenvalue weighted by Crippen LogP contribution is 2.26. The number of ketones is 1. The Labute approximate surface area is 186 Å². The number of hydrogen-bond donors (Lipinski definition) is 1. The Kier molecular flexibility index (Phi) is 7.83. The van der Waals surface area contributed by atoms with E-state index >= 15 is 0 Å². The Bertz CT molecular complexity index is 1050. The number of benzene rings is 2. The van der Waals surface area contributed by atoms with Crippen LogP contribution in [-0.2, 0) is 11.2 Å². The van der Waals surface area contributed by atoms with E-state index in [-0.39, 0.29) is 17.4 Å². The molecule has 162 valence electrons. The maximum absolute atomic E-state index is 12.6. The molecule has 0 saturated carbocycles. The highest BCUT2D eigenvalue weighted by Gasteiger charge is 2.17. The molecule has 1 N–H and O–H groups in total. The fourth-order valence-corrected chi connectivity index (χ4v) is 3.89. The van der Waals surface area contributed by atoms with Gasteiger partial charge in [-0.1, -0.05) is 47.7 Å². The van der Waals surface area contributed by atoms with Crippen molar-refractivity contribution in [1.82, 2.24) is 20.1 Å². The molecule has 0 saturated heterocycles. The maximum atomic E-state index is 12.6. The standard InChI is InChI=1S/C23H26N4O3S/c1-16-9-11-18(12-10-16)21(29)15-31-23-26-25-22(8-5-13-24-17(2)28)27(23)19-6-4-7-20(14-19)30-3/h4,6-7,9-12,14H,5,8,13,15H2,1-3H3,(H,24,28). The van der Waals surface area contributed by atoms with Crippen LogP contribution in [0.4, 0.5) is 0 Å². The first-order valence-electron chi connectivity index (χ1n) is 10.0. The van der Waals surface area contributed by atoms with Gasteiger partial charge in [0.25, 0.3) is 0 Å². The summed E-state index contributed by atoms with van der Waals surface area (Å²) in [7, 11) is 1.62. The summed E-state index contributed by atoms with van der Waals surface area (Å²) in [6.07, 6.45) is 1.37. The van der Waals surface area contributed by atoms with Crippen molar-refractivity contribution in [3.63, 3.8) is 0 Å². The summed E-state index contributed by atoms with van der Waals surface area (Å²) in [4.78, 5) is 23.7. The van der Waals surface area contributed by atoms with E-state index in [0.29, 0.717) is 23.7 Å². The maximum Gasteiger partial charge on any atom is 0.216 e. The van der Waals surface area contributed by atoms with Gasteiger partial charge in [0.05, 0.1) is 18.6 Å². The van der Waals surface area contributed by atoms with Crippen LogP contribution < -0.4 is 10.1 Å². The molecule has 2 aromatic carbocycles. The summed E-state index contributed by atoms with van der Waals surface area (Å²) in [6.45, 7) is 4.06. The molecule has 1 aromatic heterocycles. The average molecular weight is 439 g/mol. The molecule has 0 spiro atoms. The van der Waals surface area contributed by atoms with Crippen LogP contribution in [0.5, 0.6) is 5.75 Å². The minimum absolute atomic E-state index is 0.0393. The number of nitrogens with one attached hydrogen (secondary N) is 1. The Balaban J connectivity index is 1.80. The molecule has 3 aromatic rings. The molecule has 3 rings (SSSR count). The predicted octanol–water partition coefficient (Wildman–Crippen LogP) is 3.63. The third-order valence-corrected chi connectivity index (χ3v) is 5.60. The lowest BCUT2D eigenvalue weighted by Crippen LogP contribution is -2.21. The monoisotopic (exact) mass is 438 g/mol. The van der Waals surface area contributed by atoms with Crippen molar-refractivity contribution in [1.29, 1.82) is 0 Å². The van der Waals surface area contributed by atoms with E-state index < -0.39 is 0 Å². The first-order chi connectivity index (χ1) is 15.0. The van der Waals surface area contributed by atoms with Crippen LogP contribution in [-0.4, -0.2) is 45.9 Å². The SMILES string of the molecule is COc1cccc(-n2c(CCCNC(C)=O)nnc2SCC(=O)c2ccc(C)cc2)c1. The first-order valence-corrected chi connectivity index (χ1v) is 11.0. The lowest BCUT2D eigenvalue weighted by Gasteiger charge is -2.11. The number of methoxy groups -OCH3 is 1. The normalized spacial score (nSPS) is 10.7. The second-order valence-corrected chi connectivity index (χ2v) is 8.04. The van der Waals surface area contributed by atoms with Crippen molar-refractivity contribution >= 4 is 23.5 Å². The van der Waals surface area contributed by atoms with Gasteiger partial charge < -0.3 is 10.1 Å². The van der Waals surface area contributed by atoms with E-state index in [1.807, 2.05) is 60.0 Å². The minimum atomic E-state index is -0.0554. The number of aromatic nitrogens is 3. The van der Waals surface area contributed by atoms with Crippen molar-refractivity contribution in [3.05, 3.63) is 65.5 Å². The third-order valence-electron chi connectivity index (χ3n) is 4.67. The van der Waals surface area contributed by atoms with Crippen LogP contribution in [0.15, 0.2) is 53.7 Å². The van der Waals surface area contributed by atoms with Crippen LogP contribution in [0, 0.1) is 6.92 Å². The lowest BCUT2D eigenvalue weighted by molar-refractivity contribution is -0.118. The van der Waals surface area contributed by atoms with Crippen molar-refractivity contribution in [2.24, 2.45) is 0 Å². The van der Waals surface area contributed by atoms with E-state index in [4.69, 9.17) is 4.74 Å². The first kappa shape index (κ1) is 22.6. The van der Waals surface area contributed by atoms with Gasteiger partial charge >= 0.3 is 0 Å². The Hall–Kier alpha value is -3.13. The Morgan fingerprint density at radius 2 is 1.90 bits per heavy atom. The molecule has 0 aliphatic rings. The van der Waals surface area contributed by atoms with E-state index in [9.17, 15) is 9.59 Å². The van der Waals surface area contributed by atoms with Crippen LogP contribution in [0.3, 0.4) is 0 Å². The molecule has 0 aliphatic carbocycles. The number of carbonyl (C=O) groups is 2. The van der Waals surface area contributed by atoms with Crippen LogP contribution >= 0.6 is 11.8 Å². The van der Waals surface area contributed by atoms with Gasteiger partial charge in [0.15, 0.2) is 10.9 Å². The van der Waals surface area contributed by atoms with Gasteiger partial charge in [-0.3, -0.25) is 14.2 Å². The van der Waals surface area contributed by atoms with E-state index in [2.05, 4.69) is 15.5 Å². The van der Waals surface area contributed by atoms with Crippen molar-refractivity contribution in [2.75, 3.05) is 19.4 Å². The molecule has 0 fully saturated rings. The number of rotatable bonds is 10. The highest BCUT2D eigenvalue weighted by molar-refractivity contribution is 7.99. The number of Topliss-reactive ketones (excluding diaryl/α,β-unsaturated/α-hetero) is 1. The number of ether oxygens (including phenoxy) is 1. The summed E-state index contributed by atoms with van der Waals surface area (Å²) in [5, 5.41) is 12.1. The smallest absolute Gasteiger partial charge is 0.216 e. The summed E-state index contributed by atoms with van der Waals surface area (Å²) < 4.78 is 7.31. The average Bonchev–Trinajstić information content (AvgIpc) is 3.18. The Morgan fingerprint density at radius 1 is 1.13 bits per heavy atom. The molecular formula is C23H26N4O3S. The lowest BCUT2D eigenvalue weighted by atomic mass is 10.1. The van der Waals surface area contributed by atoms with Gasteiger partial charge in [-0.2, -0.15) is 0 Å². The quantitative estimate of drug-likeness (QED) is 0.296. The fraction of sp³-hybridized carbons (Fsp3) is 0.304. The number of carbonyl (C=O) groups excluding carboxylic acids is 2. The van der Waals surface area contributed by atoms with Gasteiger partial charge in [0, 0.05) is 31.5 Å². The molecule has 0 bridgehead atoms. The number of thioether (sulfide) groups is 1. The molecule has 1 heterocycles. The van der Waals surface area contributed by atoms with Gasteiger partial charge in [-0.25, -0.2) is 0 Å². The minimum Gasteiger partial charge on any atom is -0.497 e. The number of hydrogen-bond acceptors (Lipinski definition) is 6. The molecule has 0 atom stereocenters. The van der Waals surface area contributed by atoms with Gasteiger partial charge in [0.2, 0.25) is 5.91 Å². The molecule has 31 heavy (non-hydrogen) atoms. The second kappa shape index (κ2) is 10.8. The molecule has 0 aliphatic heterocycles. The fourth-order valence-electron chi connectivity index (χ4n) is 3.03. The number of amides is 1. The van der Waals surface area contributed by atoms with Gasteiger partial charge in [0.1, 0.15) is 11.6 Å². The summed E-state index contributed by atoms with van der Waals surface area (Å²) in [5.41, 5.74) is 2.66. The zero-order valence-electron chi connectivity index (χ0n) is 17.9. The second-order valence-electron chi connectivity index (χ2n) is 7.10. The topological polar surface area (TPSA) is 86.1 Å². The van der Waals surface area contributed by atoms with E-state index in [1.54, 1.807) is 7.11 Å². The number of nitrogens with zero attached hydrogens (tertiary/aromatic N) is 3. The van der Waals surface area contributed by atoms with Gasteiger partial charge in [-0.05, 0) is 25.5 Å². The zero-order chi connectivity index (χ0) is 22.2. The molecule has 8 heteroatoms. The van der Waals surface area contributed by atoms with Crippen LogP contribution in [0.2, 0.25) is 0 Å².